The van der Waals surface area contributed by atoms with E-state index in [0.29, 0.717) is 5.75 Å². The smallest absolute Gasteiger partial charge is 0.358 e. The Morgan fingerprint density at radius 1 is 1.33 bits per heavy atom. The Bertz CT molecular complexity index is 463. The molecule has 0 saturated heterocycles. The highest BCUT2D eigenvalue weighted by Gasteiger charge is 2.11. The van der Waals surface area contributed by atoms with Crippen molar-refractivity contribution in [2.45, 2.75) is 0 Å². The van der Waals surface area contributed by atoms with Crippen molar-refractivity contribution in [3.63, 3.8) is 0 Å². The fraction of sp³-hybridized carbons (Fsp3) is 0. The van der Waals surface area contributed by atoms with Crippen LogP contribution in [0.3, 0.4) is 0 Å². The molecule has 0 amide bonds. The van der Waals surface area contributed by atoms with E-state index in [1.54, 1.807) is 24.3 Å². The molecule has 1 aromatic heterocycles. The third-order valence-electron chi connectivity index (χ3n) is 1.67. The number of aromatic nitrogens is 1. The minimum absolute atomic E-state index is 0.0543. The molecule has 5 heteroatoms. The predicted octanol–water partition coefficient (Wildman–Crippen LogP) is 2.17. The molecular formula is C10H7NO4. The van der Waals surface area contributed by atoms with Gasteiger partial charge in [-0.2, -0.15) is 0 Å². The summed E-state index contributed by atoms with van der Waals surface area (Å²) in [6.07, 6.45) is 0. The molecule has 0 radical (unpaired) electrons. The van der Waals surface area contributed by atoms with E-state index in [4.69, 9.17) is 9.84 Å². The number of nitrogens with zero attached hydrogens (tertiary/aromatic N) is 1. The lowest BCUT2D eigenvalue weighted by atomic mass is 10.3. The highest BCUT2D eigenvalue weighted by Crippen LogP contribution is 2.21. The Labute approximate surface area is 84.9 Å². The van der Waals surface area contributed by atoms with Gasteiger partial charge in [0.2, 0.25) is 0 Å². The van der Waals surface area contributed by atoms with Crippen LogP contribution in [0.25, 0.3) is 0 Å². The molecule has 15 heavy (non-hydrogen) atoms. The lowest BCUT2D eigenvalue weighted by Crippen LogP contribution is -1.94. The molecule has 76 valence electrons. The number of hydrogen-bond donors (Lipinski definition) is 1. The second kappa shape index (κ2) is 3.83. The molecule has 0 bridgehead atoms. The van der Waals surface area contributed by atoms with E-state index in [-0.39, 0.29) is 11.6 Å². The maximum atomic E-state index is 10.5. The first kappa shape index (κ1) is 9.26. The molecule has 5 nitrogen and oxygen atoms in total. The van der Waals surface area contributed by atoms with Gasteiger partial charge in [0, 0.05) is 0 Å². The van der Waals surface area contributed by atoms with Crippen LogP contribution < -0.4 is 4.74 Å². The molecule has 0 atom stereocenters. The molecule has 1 N–H and O–H groups in total. The number of rotatable bonds is 3. The van der Waals surface area contributed by atoms with Crippen LogP contribution in [0.4, 0.5) is 0 Å². The lowest BCUT2D eigenvalue weighted by Gasteiger charge is -1.98. The van der Waals surface area contributed by atoms with Gasteiger partial charge in [-0.1, -0.05) is 23.4 Å². The standard InChI is InChI=1S/C10H7NO4/c12-10(13)8-6-9(15-11-8)14-7-4-2-1-3-5-7/h1-6H,(H,12,13). The first-order valence-electron chi connectivity index (χ1n) is 4.18. The molecule has 0 aliphatic carbocycles. The molecule has 0 aliphatic rings. The number of ether oxygens (including phenoxy) is 1. The lowest BCUT2D eigenvalue weighted by molar-refractivity contribution is 0.0685. The summed E-state index contributed by atoms with van der Waals surface area (Å²) >= 11 is 0. The Kier molecular flexibility index (Phi) is 2.37. The zero-order valence-electron chi connectivity index (χ0n) is 7.58. The Hall–Kier alpha value is -2.30. The van der Waals surface area contributed by atoms with E-state index in [1.165, 1.54) is 6.07 Å². The van der Waals surface area contributed by atoms with Gasteiger partial charge in [-0.05, 0) is 12.1 Å². The first-order chi connectivity index (χ1) is 7.25. The second-order valence-corrected chi connectivity index (χ2v) is 2.75. The summed E-state index contributed by atoms with van der Waals surface area (Å²) in [6, 6.07) is 10.1. The monoisotopic (exact) mass is 205 g/mol. The van der Waals surface area contributed by atoms with Crippen LogP contribution in [-0.2, 0) is 0 Å². The summed E-state index contributed by atoms with van der Waals surface area (Å²) in [4.78, 5) is 10.5. The maximum absolute atomic E-state index is 10.5. The average Bonchev–Trinajstić information content (AvgIpc) is 2.68. The number of benzene rings is 1. The fourth-order valence-electron chi connectivity index (χ4n) is 1.01. The summed E-state index contributed by atoms with van der Waals surface area (Å²) in [6.45, 7) is 0. The van der Waals surface area contributed by atoms with Crippen LogP contribution in [0, 0.1) is 0 Å². The van der Waals surface area contributed by atoms with Crippen molar-refractivity contribution in [1.29, 1.82) is 0 Å². The summed E-state index contributed by atoms with van der Waals surface area (Å²) in [5, 5.41) is 11.9. The van der Waals surface area contributed by atoms with Crippen LogP contribution in [-0.4, -0.2) is 16.2 Å². The van der Waals surface area contributed by atoms with Gasteiger partial charge in [-0.3, -0.25) is 0 Å². The van der Waals surface area contributed by atoms with Gasteiger partial charge in [0.05, 0.1) is 6.07 Å². The number of hydrogen-bond acceptors (Lipinski definition) is 4. The van der Waals surface area contributed by atoms with Gasteiger partial charge in [-0.25, -0.2) is 4.79 Å². The number of carboxylic acids is 1. The van der Waals surface area contributed by atoms with Gasteiger partial charge in [0.15, 0.2) is 5.69 Å². The number of para-hydroxylation sites is 1. The van der Waals surface area contributed by atoms with Gasteiger partial charge in [-0.15, -0.1) is 0 Å². The van der Waals surface area contributed by atoms with Crippen molar-refractivity contribution in [2.24, 2.45) is 0 Å². The zero-order valence-corrected chi connectivity index (χ0v) is 7.58. The van der Waals surface area contributed by atoms with E-state index in [0.717, 1.165) is 0 Å². The number of carboxylic acid groups (broad SMARTS) is 1. The van der Waals surface area contributed by atoms with Crippen molar-refractivity contribution >= 4 is 5.97 Å². The van der Waals surface area contributed by atoms with Crippen molar-refractivity contribution < 1.29 is 19.2 Å². The van der Waals surface area contributed by atoms with Crippen LogP contribution in [0.2, 0.25) is 0 Å². The molecule has 0 unspecified atom stereocenters. The number of carbonyl (C=O) groups is 1. The van der Waals surface area contributed by atoms with Crippen molar-refractivity contribution in [2.75, 3.05) is 0 Å². The molecular weight excluding hydrogens is 198 g/mol. The van der Waals surface area contributed by atoms with Crippen molar-refractivity contribution in [3.8, 4) is 11.7 Å². The fourth-order valence-corrected chi connectivity index (χ4v) is 1.01. The van der Waals surface area contributed by atoms with E-state index in [2.05, 4.69) is 9.68 Å². The quantitative estimate of drug-likeness (QED) is 0.831. The SMILES string of the molecule is O=C(O)c1cc(Oc2ccccc2)on1. The van der Waals surface area contributed by atoms with Gasteiger partial charge < -0.3 is 14.4 Å². The third-order valence-corrected chi connectivity index (χ3v) is 1.67. The average molecular weight is 205 g/mol. The first-order valence-corrected chi connectivity index (χ1v) is 4.18. The van der Waals surface area contributed by atoms with Gasteiger partial charge >= 0.3 is 11.9 Å². The van der Waals surface area contributed by atoms with E-state index in [9.17, 15) is 4.79 Å². The largest absolute Gasteiger partial charge is 0.476 e. The molecule has 0 fully saturated rings. The van der Waals surface area contributed by atoms with Gasteiger partial charge in [0.1, 0.15) is 5.75 Å². The van der Waals surface area contributed by atoms with E-state index < -0.39 is 5.97 Å². The second-order valence-electron chi connectivity index (χ2n) is 2.75. The van der Waals surface area contributed by atoms with Crippen LogP contribution in [0.1, 0.15) is 10.5 Å². The summed E-state index contributed by atoms with van der Waals surface area (Å²) in [7, 11) is 0. The zero-order chi connectivity index (χ0) is 10.7. The molecule has 0 aliphatic heterocycles. The van der Waals surface area contributed by atoms with Crippen molar-refractivity contribution in [3.05, 3.63) is 42.1 Å². The Morgan fingerprint density at radius 3 is 2.67 bits per heavy atom. The maximum Gasteiger partial charge on any atom is 0.358 e. The highest BCUT2D eigenvalue weighted by atomic mass is 16.6. The van der Waals surface area contributed by atoms with E-state index >= 15 is 0 Å². The Morgan fingerprint density at radius 2 is 2.07 bits per heavy atom. The van der Waals surface area contributed by atoms with Crippen molar-refractivity contribution in [1.82, 2.24) is 5.16 Å². The van der Waals surface area contributed by atoms with Crippen LogP contribution >= 0.6 is 0 Å². The topological polar surface area (TPSA) is 72.6 Å². The minimum Gasteiger partial charge on any atom is -0.476 e. The minimum atomic E-state index is -1.15. The van der Waals surface area contributed by atoms with E-state index in [1.807, 2.05) is 6.07 Å². The molecule has 1 aromatic carbocycles. The predicted molar refractivity (Wildman–Crippen MR) is 50.0 cm³/mol. The number of aromatic carboxylic acids is 1. The molecule has 0 spiro atoms. The third kappa shape index (κ3) is 2.14. The van der Waals surface area contributed by atoms with Crippen LogP contribution in [0.15, 0.2) is 40.9 Å². The summed E-state index contributed by atoms with van der Waals surface area (Å²) < 4.78 is 9.89. The highest BCUT2D eigenvalue weighted by molar-refractivity contribution is 5.85. The molecule has 2 rings (SSSR count). The molecule has 2 aromatic rings. The molecule has 1 heterocycles. The Balaban J connectivity index is 2.15. The summed E-state index contributed by atoms with van der Waals surface area (Å²) in [5.41, 5.74) is -0.180. The van der Waals surface area contributed by atoms with Crippen LogP contribution in [0.5, 0.6) is 11.7 Å². The summed E-state index contributed by atoms with van der Waals surface area (Å²) in [5.74, 6) is -0.536. The molecule has 0 saturated carbocycles. The normalized spacial score (nSPS) is 9.87. The van der Waals surface area contributed by atoms with Gasteiger partial charge in [0.25, 0.3) is 0 Å².